The number of hydrogen-bond acceptors (Lipinski definition) is 3. The number of hydrogen-bond donors (Lipinski definition) is 0. The van der Waals surface area contributed by atoms with Crippen LogP contribution in [-0.2, 0) is 17.9 Å². The predicted molar refractivity (Wildman–Crippen MR) is 53.4 cm³/mol. The molecule has 0 fully saturated rings. The molecule has 1 aromatic rings. The Hall–Kier alpha value is -2.12. The summed E-state index contributed by atoms with van der Waals surface area (Å²) in [4.78, 5) is 21.5. The SMILES string of the molecule is O=C(N1Cc2ccc([N+](=O)[O-])cc2C1)C(F)(F)F. The van der Waals surface area contributed by atoms with Crippen molar-refractivity contribution >= 4 is 11.6 Å². The quantitative estimate of drug-likeness (QED) is 0.573. The average Bonchev–Trinajstić information content (AvgIpc) is 2.68. The van der Waals surface area contributed by atoms with Crippen molar-refractivity contribution in [1.82, 2.24) is 4.90 Å². The van der Waals surface area contributed by atoms with E-state index in [0.29, 0.717) is 16.0 Å². The number of benzene rings is 1. The molecule has 1 heterocycles. The largest absolute Gasteiger partial charge is 0.471 e. The molecule has 0 radical (unpaired) electrons. The lowest BCUT2D eigenvalue weighted by Crippen LogP contribution is -2.37. The van der Waals surface area contributed by atoms with Crippen molar-refractivity contribution in [3.63, 3.8) is 0 Å². The van der Waals surface area contributed by atoms with Crippen molar-refractivity contribution < 1.29 is 22.9 Å². The number of nitrogens with zero attached hydrogens (tertiary/aromatic N) is 2. The molecule has 0 bridgehead atoms. The van der Waals surface area contributed by atoms with E-state index in [4.69, 9.17) is 0 Å². The van der Waals surface area contributed by atoms with Crippen LogP contribution in [0.15, 0.2) is 18.2 Å². The van der Waals surface area contributed by atoms with E-state index in [2.05, 4.69) is 0 Å². The molecule has 2 rings (SSSR count). The van der Waals surface area contributed by atoms with Crippen molar-refractivity contribution in [3.8, 4) is 0 Å². The summed E-state index contributed by atoms with van der Waals surface area (Å²) in [6.45, 7) is -0.430. The Morgan fingerprint density at radius 2 is 1.89 bits per heavy atom. The number of carbonyl (C=O) groups is 1. The molecule has 0 aliphatic carbocycles. The molecule has 1 aliphatic rings. The van der Waals surface area contributed by atoms with Gasteiger partial charge < -0.3 is 4.90 Å². The van der Waals surface area contributed by atoms with Crippen LogP contribution >= 0.6 is 0 Å². The number of nitro groups is 1. The van der Waals surface area contributed by atoms with E-state index in [1.54, 1.807) is 0 Å². The van der Waals surface area contributed by atoms with Gasteiger partial charge in [0.05, 0.1) is 4.92 Å². The van der Waals surface area contributed by atoms with Crippen LogP contribution in [0.25, 0.3) is 0 Å². The topological polar surface area (TPSA) is 63.5 Å². The van der Waals surface area contributed by atoms with E-state index in [0.717, 1.165) is 0 Å². The van der Waals surface area contributed by atoms with Gasteiger partial charge in [-0.15, -0.1) is 0 Å². The highest BCUT2D eigenvalue weighted by Crippen LogP contribution is 2.30. The highest BCUT2D eigenvalue weighted by atomic mass is 19.4. The molecule has 1 amide bonds. The molecular formula is C10H7F3N2O3. The number of carbonyl (C=O) groups excluding carboxylic acids is 1. The zero-order valence-electron chi connectivity index (χ0n) is 8.90. The van der Waals surface area contributed by atoms with Crippen LogP contribution in [0, 0.1) is 10.1 Å². The van der Waals surface area contributed by atoms with Gasteiger partial charge in [0.1, 0.15) is 0 Å². The molecule has 1 aliphatic heterocycles. The minimum absolute atomic E-state index is 0.175. The molecule has 96 valence electrons. The van der Waals surface area contributed by atoms with E-state index in [9.17, 15) is 28.1 Å². The Bertz CT molecular complexity index is 528. The van der Waals surface area contributed by atoms with Gasteiger partial charge >= 0.3 is 12.1 Å². The highest BCUT2D eigenvalue weighted by Gasteiger charge is 2.44. The van der Waals surface area contributed by atoms with Crippen LogP contribution in [0.1, 0.15) is 11.1 Å². The average molecular weight is 260 g/mol. The lowest BCUT2D eigenvalue weighted by atomic mass is 10.1. The summed E-state index contributed by atoms with van der Waals surface area (Å²) in [6.07, 6.45) is -4.92. The number of nitro benzene ring substituents is 1. The molecule has 0 spiro atoms. The first kappa shape index (κ1) is 12.3. The van der Waals surface area contributed by atoms with Crippen LogP contribution in [0.2, 0.25) is 0 Å². The van der Waals surface area contributed by atoms with E-state index in [1.165, 1.54) is 18.2 Å². The molecule has 5 nitrogen and oxygen atoms in total. The summed E-state index contributed by atoms with van der Waals surface area (Å²) in [6, 6.07) is 3.77. The molecular weight excluding hydrogens is 253 g/mol. The number of rotatable bonds is 1. The minimum Gasteiger partial charge on any atom is -0.326 e. The predicted octanol–water partition coefficient (Wildman–Crippen LogP) is 2.00. The smallest absolute Gasteiger partial charge is 0.326 e. The molecule has 8 heteroatoms. The number of non-ortho nitro benzene ring substituents is 1. The van der Waals surface area contributed by atoms with Crippen LogP contribution in [0.5, 0.6) is 0 Å². The van der Waals surface area contributed by atoms with Gasteiger partial charge in [-0.3, -0.25) is 14.9 Å². The number of alkyl halides is 3. The Balaban J connectivity index is 2.23. The van der Waals surface area contributed by atoms with Gasteiger partial charge in [-0.05, 0) is 11.1 Å². The molecule has 1 aromatic carbocycles. The second-order valence-corrected chi connectivity index (χ2v) is 3.87. The molecule has 0 unspecified atom stereocenters. The molecule has 0 saturated carbocycles. The maximum atomic E-state index is 12.2. The Morgan fingerprint density at radius 1 is 1.28 bits per heavy atom. The van der Waals surface area contributed by atoms with Gasteiger partial charge in [-0.1, -0.05) is 6.07 Å². The van der Waals surface area contributed by atoms with Gasteiger partial charge in [0, 0.05) is 25.2 Å². The monoisotopic (exact) mass is 260 g/mol. The summed E-state index contributed by atoms with van der Waals surface area (Å²) in [5.74, 6) is -1.93. The Kier molecular flexibility index (Phi) is 2.72. The molecule has 0 saturated heterocycles. The minimum atomic E-state index is -4.92. The maximum absolute atomic E-state index is 12.2. The normalized spacial score (nSPS) is 14.5. The fraction of sp³-hybridized carbons (Fsp3) is 0.300. The summed E-state index contributed by atoms with van der Waals surface area (Å²) in [7, 11) is 0. The van der Waals surface area contributed by atoms with Crippen molar-refractivity contribution in [2.75, 3.05) is 0 Å². The molecule has 0 atom stereocenters. The van der Waals surface area contributed by atoms with Crippen molar-refractivity contribution in [2.45, 2.75) is 19.3 Å². The Labute approximate surface area is 99.0 Å². The van der Waals surface area contributed by atoms with E-state index >= 15 is 0 Å². The first-order valence-corrected chi connectivity index (χ1v) is 4.91. The van der Waals surface area contributed by atoms with Crippen LogP contribution in [0.3, 0.4) is 0 Å². The van der Waals surface area contributed by atoms with Crippen molar-refractivity contribution in [3.05, 3.63) is 39.4 Å². The van der Waals surface area contributed by atoms with Crippen LogP contribution in [-0.4, -0.2) is 21.9 Å². The number of halogens is 3. The molecule has 0 N–H and O–H groups in total. The van der Waals surface area contributed by atoms with Crippen LogP contribution < -0.4 is 0 Å². The summed E-state index contributed by atoms with van der Waals surface area (Å²) >= 11 is 0. The molecule has 18 heavy (non-hydrogen) atoms. The number of amides is 1. The van der Waals surface area contributed by atoms with E-state index < -0.39 is 17.0 Å². The fourth-order valence-electron chi connectivity index (χ4n) is 1.82. The van der Waals surface area contributed by atoms with Crippen molar-refractivity contribution in [1.29, 1.82) is 0 Å². The third-order valence-electron chi connectivity index (χ3n) is 2.65. The van der Waals surface area contributed by atoms with Gasteiger partial charge in [-0.2, -0.15) is 13.2 Å². The number of fused-ring (bicyclic) bond motifs is 1. The lowest BCUT2D eigenvalue weighted by molar-refractivity contribution is -0.384. The Morgan fingerprint density at radius 3 is 2.44 bits per heavy atom. The summed E-state index contributed by atoms with van der Waals surface area (Å²) in [5.41, 5.74) is 0.676. The fourth-order valence-corrected chi connectivity index (χ4v) is 1.82. The highest BCUT2D eigenvalue weighted by molar-refractivity contribution is 5.82. The van der Waals surface area contributed by atoms with Crippen LogP contribution in [0.4, 0.5) is 18.9 Å². The summed E-state index contributed by atoms with van der Waals surface area (Å²) in [5, 5.41) is 10.5. The first-order chi connectivity index (χ1) is 8.29. The van der Waals surface area contributed by atoms with Gasteiger partial charge in [-0.25, -0.2) is 0 Å². The van der Waals surface area contributed by atoms with Gasteiger partial charge in [0.25, 0.3) is 5.69 Å². The second kappa shape index (κ2) is 3.97. The second-order valence-electron chi connectivity index (χ2n) is 3.87. The maximum Gasteiger partial charge on any atom is 0.471 e. The standard InChI is InChI=1S/C10H7F3N2O3/c11-10(12,13)9(16)14-4-6-1-2-8(15(17)18)3-7(6)5-14/h1-3H,4-5H2. The summed E-state index contributed by atoms with van der Waals surface area (Å²) < 4.78 is 36.7. The van der Waals surface area contributed by atoms with Crippen molar-refractivity contribution in [2.24, 2.45) is 0 Å². The van der Waals surface area contributed by atoms with E-state index in [1.807, 2.05) is 0 Å². The first-order valence-electron chi connectivity index (χ1n) is 4.91. The lowest BCUT2D eigenvalue weighted by Gasteiger charge is -2.16. The van der Waals surface area contributed by atoms with Gasteiger partial charge in [0.15, 0.2) is 0 Å². The third-order valence-corrected chi connectivity index (χ3v) is 2.65. The van der Waals surface area contributed by atoms with Gasteiger partial charge in [0.2, 0.25) is 0 Å². The van der Waals surface area contributed by atoms with E-state index in [-0.39, 0.29) is 18.8 Å². The third kappa shape index (κ3) is 2.13. The zero-order valence-corrected chi connectivity index (χ0v) is 8.90. The molecule has 0 aromatic heterocycles. The zero-order chi connectivity index (χ0) is 13.5.